The first-order chi connectivity index (χ1) is 8.58. The number of benzene rings is 1. The molecular formula is C15H22N2O. The van der Waals surface area contributed by atoms with Gasteiger partial charge in [-0.2, -0.15) is 0 Å². The van der Waals surface area contributed by atoms with Crippen molar-refractivity contribution >= 4 is 11.6 Å². The molecule has 0 saturated carbocycles. The molecule has 1 aromatic carbocycles. The minimum Gasteiger partial charge on any atom is -0.382 e. The zero-order chi connectivity index (χ0) is 13.1. The Balaban J connectivity index is 1.96. The lowest BCUT2D eigenvalue weighted by molar-refractivity contribution is -0.129. The molecule has 0 bridgehead atoms. The highest BCUT2D eigenvalue weighted by Gasteiger charge is 2.20. The number of hydrogen-bond donors (Lipinski definition) is 1. The van der Waals surface area contributed by atoms with Crippen molar-refractivity contribution in [3.63, 3.8) is 0 Å². The lowest BCUT2D eigenvalue weighted by Gasteiger charge is -2.32. The Morgan fingerprint density at radius 3 is 2.56 bits per heavy atom. The molecule has 0 unspecified atom stereocenters. The largest absolute Gasteiger partial charge is 0.382 e. The fraction of sp³-hybridized carbons (Fsp3) is 0.533. The van der Waals surface area contributed by atoms with Gasteiger partial charge in [-0.25, -0.2) is 0 Å². The molecule has 1 fully saturated rings. The molecule has 0 aromatic heterocycles. The molecule has 1 aliphatic heterocycles. The first-order valence-electron chi connectivity index (χ1n) is 6.66. The number of nitrogens with zero attached hydrogens (tertiary/aromatic N) is 1. The van der Waals surface area contributed by atoms with Crippen LogP contribution in [-0.2, 0) is 4.79 Å². The molecule has 1 heterocycles. The van der Waals surface area contributed by atoms with Gasteiger partial charge in [0.1, 0.15) is 0 Å². The molecule has 0 radical (unpaired) electrons. The lowest BCUT2D eigenvalue weighted by atomic mass is 10.0. The summed E-state index contributed by atoms with van der Waals surface area (Å²) in [6.45, 7) is 7.69. The van der Waals surface area contributed by atoms with E-state index < -0.39 is 0 Å². The van der Waals surface area contributed by atoms with Crippen molar-refractivity contribution in [2.75, 3.05) is 18.4 Å². The Labute approximate surface area is 109 Å². The summed E-state index contributed by atoms with van der Waals surface area (Å²) in [5.74, 6) is 0.195. The van der Waals surface area contributed by atoms with Gasteiger partial charge in [-0.05, 0) is 43.9 Å². The van der Waals surface area contributed by atoms with Crippen LogP contribution in [0.5, 0.6) is 0 Å². The molecule has 98 valence electrons. The second-order valence-electron chi connectivity index (χ2n) is 5.17. The number of likely N-dealkylation sites (tertiary alicyclic amines) is 1. The van der Waals surface area contributed by atoms with Gasteiger partial charge in [-0.1, -0.05) is 12.1 Å². The van der Waals surface area contributed by atoms with Crippen molar-refractivity contribution in [2.24, 2.45) is 0 Å². The normalized spacial score (nSPS) is 16.7. The lowest BCUT2D eigenvalue weighted by Crippen LogP contribution is -2.41. The fourth-order valence-corrected chi connectivity index (χ4v) is 2.47. The van der Waals surface area contributed by atoms with Crippen LogP contribution in [0.1, 0.15) is 30.9 Å². The van der Waals surface area contributed by atoms with Crippen LogP contribution in [0.2, 0.25) is 0 Å². The van der Waals surface area contributed by atoms with Crippen LogP contribution in [0.3, 0.4) is 0 Å². The SMILES string of the molecule is CC(=O)N1CCC(Nc2cccc(C)c2C)CC1. The number of aryl methyl sites for hydroxylation is 1. The van der Waals surface area contributed by atoms with Gasteiger partial charge in [0, 0.05) is 31.7 Å². The Morgan fingerprint density at radius 2 is 1.94 bits per heavy atom. The van der Waals surface area contributed by atoms with E-state index in [1.807, 2.05) is 4.90 Å². The number of nitrogens with one attached hydrogen (secondary N) is 1. The van der Waals surface area contributed by atoms with Gasteiger partial charge in [0.25, 0.3) is 0 Å². The quantitative estimate of drug-likeness (QED) is 0.870. The van der Waals surface area contributed by atoms with E-state index >= 15 is 0 Å². The van der Waals surface area contributed by atoms with E-state index in [4.69, 9.17) is 0 Å². The number of piperidine rings is 1. The highest BCUT2D eigenvalue weighted by molar-refractivity contribution is 5.73. The maximum Gasteiger partial charge on any atom is 0.219 e. The van der Waals surface area contributed by atoms with E-state index in [9.17, 15) is 4.79 Å². The summed E-state index contributed by atoms with van der Waals surface area (Å²) in [6, 6.07) is 6.86. The highest BCUT2D eigenvalue weighted by Crippen LogP contribution is 2.22. The Kier molecular flexibility index (Phi) is 3.90. The van der Waals surface area contributed by atoms with Gasteiger partial charge in [-0.3, -0.25) is 4.79 Å². The van der Waals surface area contributed by atoms with E-state index in [2.05, 4.69) is 37.4 Å². The maximum atomic E-state index is 11.3. The van der Waals surface area contributed by atoms with E-state index in [0.29, 0.717) is 6.04 Å². The second-order valence-corrected chi connectivity index (χ2v) is 5.17. The number of rotatable bonds is 2. The van der Waals surface area contributed by atoms with Crippen LogP contribution in [0.4, 0.5) is 5.69 Å². The van der Waals surface area contributed by atoms with Crippen molar-refractivity contribution in [3.8, 4) is 0 Å². The van der Waals surface area contributed by atoms with Crippen LogP contribution in [0.25, 0.3) is 0 Å². The van der Waals surface area contributed by atoms with Crippen LogP contribution in [0, 0.1) is 13.8 Å². The molecule has 1 aliphatic rings. The Morgan fingerprint density at radius 1 is 1.28 bits per heavy atom. The molecule has 2 rings (SSSR count). The van der Waals surface area contributed by atoms with Crippen molar-refractivity contribution < 1.29 is 4.79 Å². The Hall–Kier alpha value is -1.51. The van der Waals surface area contributed by atoms with E-state index in [1.165, 1.54) is 16.8 Å². The zero-order valence-electron chi connectivity index (χ0n) is 11.5. The summed E-state index contributed by atoms with van der Waals surface area (Å²) in [6.07, 6.45) is 2.07. The third-order valence-corrected chi connectivity index (χ3v) is 3.90. The summed E-state index contributed by atoms with van der Waals surface area (Å²) in [7, 11) is 0. The predicted octanol–water partition coefficient (Wildman–Crippen LogP) is 2.73. The number of amides is 1. The standard InChI is InChI=1S/C15H22N2O/c1-11-5-4-6-15(12(11)2)16-14-7-9-17(10-8-14)13(3)18/h4-6,14,16H,7-10H2,1-3H3. The van der Waals surface area contributed by atoms with Crippen molar-refractivity contribution in [1.82, 2.24) is 4.90 Å². The number of carbonyl (C=O) groups excluding carboxylic acids is 1. The molecule has 3 nitrogen and oxygen atoms in total. The highest BCUT2D eigenvalue weighted by atomic mass is 16.2. The van der Waals surface area contributed by atoms with Crippen molar-refractivity contribution in [3.05, 3.63) is 29.3 Å². The second kappa shape index (κ2) is 5.42. The predicted molar refractivity (Wildman–Crippen MR) is 74.8 cm³/mol. The van der Waals surface area contributed by atoms with Gasteiger partial charge in [0.2, 0.25) is 5.91 Å². The molecule has 0 spiro atoms. The maximum absolute atomic E-state index is 11.3. The van der Waals surface area contributed by atoms with Crippen LogP contribution in [-0.4, -0.2) is 29.9 Å². The minimum atomic E-state index is 0.195. The van der Waals surface area contributed by atoms with Gasteiger partial charge in [0.15, 0.2) is 0 Å². The molecule has 1 N–H and O–H groups in total. The van der Waals surface area contributed by atoms with Crippen LogP contribution in [0.15, 0.2) is 18.2 Å². The summed E-state index contributed by atoms with van der Waals surface area (Å²) in [4.78, 5) is 13.2. The molecule has 18 heavy (non-hydrogen) atoms. The van der Waals surface area contributed by atoms with Crippen molar-refractivity contribution in [1.29, 1.82) is 0 Å². The van der Waals surface area contributed by atoms with Gasteiger partial charge in [0.05, 0.1) is 0 Å². The molecule has 1 aromatic rings. The number of carbonyl (C=O) groups is 1. The first-order valence-corrected chi connectivity index (χ1v) is 6.66. The van der Waals surface area contributed by atoms with E-state index in [0.717, 1.165) is 25.9 Å². The first kappa shape index (κ1) is 12.9. The minimum absolute atomic E-state index is 0.195. The zero-order valence-corrected chi connectivity index (χ0v) is 11.5. The Bertz CT molecular complexity index is 434. The van der Waals surface area contributed by atoms with E-state index in [1.54, 1.807) is 6.92 Å². The van der Waals surface area contributed by atoms with Gasteiger partial charge < -0.3 is 10.2 Å². The smallest absolute Gasteiger partial charge is 0.219 e. The number of anilines is 1. The fourth-order valence-electron chi connectivity index (χ4n) is 2.47. The van der Waals surface area contributed by atoms with Gasteiger partial charge in [-0.15, -0.1) is 0 Å². The third kappa shape index (κ3) is 2.84. The summed E-state index contributed by atoms with van der Waals surface area (Å²) < 4.78 is 0. The molecular weight excluding hydrogens is 224 g/mol. The molecule has 1 saturated heterocycles. The molecule has 0 atom stereocenters. The average molecular weight is 246 g/mol. The third-order valence-electron chi connectivity index (χ3n) is 3.90. The molecule has 1 amide bonds. The van der Waals surface area contributed by atoms with Gasteiger partial charge >= 0.3 is 0 Å². The monoisotopic (exact) mass is 246 g/mol. The summed E-state index contributed by atoms with van der Waals surface area (Å²) in [5.41, 5.74) is 3.88. The summed E-state index contributed by atoms with van der Waals surface area (Å²) >= 11 is 0. The van der Waals surface area contributed by atoms with Crippen LogP contribution < -0.4 is 5.32 Å². The van der Waals surface area contributed by atoms with Crippen LogP contribution >= 0.6 is 0 Å². The number of hydrogen-bond acceptors (Lipinski definition) is 2. The van der Waals surface area contributed by atoms with E-state index in [-0.39, 0.29) is 5.91 Å². The topological polar surface area (TPSA) is 32.3 Å². The average Bonchev–Trinajstić information content (AvgIpc) is 2.36. The summed E-state index contributed by atoms with van der Waals surface area (Å²) in [5, 5.41) is 3.61. The molecule has 3 heteroatoms. The molecule has 0 aliphatic carbocycles. The van der Waals surface area contributed by atoms with Crippen molar-refractivity contribution in [2.45, 2.75) is 39.7 Å².